The Morgan fingerprint density at radius 2 is 1.83 bits per heavy atom. The number of aromatic amines is 1. The van der Waals surface area contributed by atoms with E-state index in [1.807, 2.05) is 72.8 Å². The van der Waals surface area contributed by atoms with Crippen molar-refractivity contribution in [1.82, 2.24) is 9.97 Å². The summed E-state index contributed by atoms with van der Waals surface area (Å²) in [4.78, 5) is 22.3. The molecule has 0 atom stereocenters. The highest BCUT2D eigenvalue weighted by Crippen LogP contribution is 2.30. The first-order valence-corrected chi connectivity index (χ1v) is 10.0. The lowest BCUT2D eigenvalue weighted by atomic mass is 10.1. The zero-order valence-corrected chi connectivity index (χ0v) is 17.5. The molecule has 4 aromatic rings. The fourth-order valence-corrected chi connectivity index (χ4v) is 3.50. The first-order chi connectivity index (χ1) is 14.1. The minimum absolute atomic E-state index is 0.00675. The van der Waals surface area contributed by atoms with Crippen LogP contribution in [0.2, 0.25) is 0 Å². The molecule has 0 unspecified atom stereocenters. The number of aromatic nitrogens is 2. The third kappa shape index (κ3) is 4.39. The number of benzene rings is 3. The van der Waals surface area contributed by atoms with Gasteiger partial charge in [-0.3, -0.25) is 4.79 Å². The average molecular weight is 450 g/mol. The maximum atomic E-state index is 12.7. The van der Waals surface area contributed by atoms with E-state index in [4.69, 9.17) is 4.74 Å². The van der Waals surface area contributed by atoms with Gasteiger partial charge in [-0.15, -0.1) is 0 Å². The molecule has 0 saturated carbocycles. The van der Waals surface area contributed by atoms with Gasteiger partial charge in [-0.1, -0.05) is 58.4 Å². The van der Waals surface area contributed by atoms with Crippen LogP contribution in [0.25, 0.3) is 22.4 Å². The van der Waals surface area contributed by atoms with E-state index in [0.717, 1.165) is 38.1 Å². The van der Waals surface area contributed by atoms with E-state index >= 15 is 0 Å². The number of imidazole rings is 1. The van der Waals surface area contributed by atoms with Crippen molar-refractivity contribution in [3.8, 4) is 11.4 Å². The molecule has 0 aliphatic carbocycles. The summed E-state index contributed by atoms with van der Waals surface area (Å²) >= 11 is 3.48. The van der Waals surface area contributed by atoms with E-state index in [9.17, 15) is 4.79 Å². The monoisotopic (exact) mass is 449 g/mol. The van der Waals surface area contributed by atoms with Gasteiger partial charge in [-0.2, -0.15) is 0 Å². The molecule has 29 heavy (non-hydrogen) atoms. The van der Waals surface area contributed by atoms with E-state index in [2.05, 4.69) is 25.9 Å². The summed E-state index contributed by atoms with van der Waals surface area (Å²) in [5.41, 5.74) is 4.48. The van der Waals surface area contributed by atoms with Gasteiger partial charge in [0.2, 0.25) is 0 Å². The number of fused-ring (bicyclic) bond motifs is 1. The fourth-order valence-electron chi connectivity index (χ4n) is 3.14. The second kappa shape index (κ2) is 8.59. The summed E-state index contributed by atoms with van der Waals surface area (Å²) in [6.45, 7) is 0.410. The highest BCUT2D eigenvalue weighted by Gasteiger charge is 2.17. The number of halogens is 1. The Hall–Kier alpha value is -2.96. The fraction of sp³-hybridized carbons (Fsp3) is 0.130. The van der Waals surface area contributed by atoms with Crippen LogP contribution < -0.4 is 4.90 Å². The van der Waals surface area contributed by atoms with Crippen LogP contribution in [0, 0.1) is 0 Å². The lowest BCUT2D eigenvalue weighted by Gasteiger charge is -2.20. The lowest BCUT2D eigenvalue weighted by molar-refractivity contribution is -0.123. The maximum Gasteiger partial charge on any atom is 0.252 e. The first kappa shape index (κ1) is 19.4. The molecule has 0 radical (unpaired) electrons. The van der Waals surface area contributed by atoms with Gasteiger partial charge in [0.1, 0.15) is 12.4 Å². The minimum atomic E-state index is -0.118. The summed E-state index contributed by atoms with van der Waals surface area (Å²) in [6, 6.07) is 23.4. The number of carbonyl (C=O) groups excluding carboxylic acids is 1. The van der Waals surface area contributed by atoms with E-state index in [1.54, 1.807) is 11.9 Å². The topological polar surface area (TPSA) is 58.2 Å². The number of carbonyl (C=O) groups is 1. The molecule has 1 N–H and O–H groups in total. The molecule has 1 amide bonds. The Bertz CT molecular complexity index is 1140. The standard InChI is InChI=1S/C23H20BrN3O2/c1-27(22(28)15-29-14-16-7-3-2-4-8-16)21-10-6-5-9-18(21)23-25-19-12-11-17(24)13-20(19)26-23/h2-13H,14-15H2,1H3,(H,25,26). The molecule has 0 aliphatic heterocycles. The lowest BCUT2D eigenvalue weighted by Crippen LogP contribution is -2.30. The van der Waals surface area contributed by atoms with Crippen molar-refractivity contribution in [2.45, 2.75) is 6.61 Å². The van der Waals surface area contributed by atoms with Crippen molar-refractivity contribution < 1.29 is 9.53 Å². The molecule has 4 rings (SSSR count). The van der Waals surface area contributed by atoms with Gasteiger partial charge in [-0.25, -0.2) is 4.98 Å². The molecular weight excluding hydrogens is 430 g/mol. The Kier molecular flexibility index (Phi) is 5.74. The van der Waals surface area contributed by atoms with E-state index in [1.165, 1.54) is 0 Å². The third-order valence-corrected chi connectivity index (χ3v) is 5.17. The van der Waals surface area contributed by atoms with Crippen molar-refractivity contribution in [3.05, 3.63) is 82.8 Å². The van der Waals surface area contributed by atoms with Gasteiger partial charge in [0.25, 0.3) is 5.91 Å². The van der Waals surface area contributed by atoms with Gasteiger partial charge in [0.05, 0.1) is 23.3 Å². The van der Waals surface area contributed by atoms with Crippen molar-refractivity contribution >= 4 is 38.6 Å². The van der Waals surface area contributed by atoms with Gasteiger partial charge < -0.3 is 14.6 Å². The van der Waals surface area contributed by atoms with Gasteiger partial charge in [0, 0.05) is 17.1 Å². The summed E-state index contributed by atoms with van der Waals surface area (Å²) < 4.78 is 6.59. The number of anilines is 1. The molecule has 0 aliphatic rings. The van der Waals surface area contributed by atoms with Crippen LogP contribution in [0.3, 0.4) is 0 Å². The number of nitrogens with one attached hydrogen (secondary N) is 1. The number of nitrogens with zero attached hydrogens (tertiary/aromatic N) is 2. The van der Waals surface area contributed by atoms with Crippen LogP contribution in [-0.4, -0.2) is 29.5 Å². The number of hydrogen-bond donors (Lipinski definition) is 1. The molecule has 0 saturated heterocycles. The number of amides is 1. The molecule has 5 nitrogen and oxygen atoms in total. The van der Waals surface area contributed by atoms with Crippen molar-refractivity contribution in [2.24, 2.45) is 0 Å². The summed E-state index contributed by atoms with van der Waals surface area (Å²) in [6.07, 6.45) is 0. The van der Waals surface area contributed by atoms with Crippen LogP contribution in [0.5, 0.6) is 0 Å². The van der Waals surface area contributed by atoms with E-state index in [0.29, 0.717) is 6.61 Å². The van der Waals surface area contributed by atoms with E-state index in [-0.39, 0.29) is 12.5 Å². The predicted molar refractivity (Wildman–Crippen MR) is 119 cm³/mol. The summed E-state index contributed by atoms with van der Waals surface area (Å²) in [7, 11) is 1.76. The largest absolute Gasteiger partial charge is 0.367 e. The SMILES string of the molecule is CN(C(=O)COCc1ccccc1)c1ccccc1-c1nc2ccc(Br)cc2[nH]1. The number of likely N-dealkylation sites (N-methyl/N-ethyl adjacent to an activating group) is 1. The van der Waals surface area contributed by atoms with Gasteiger partial charge >= 0.3 is 0 Å². The molecular formula is C23H20BrN3O2. The van der Waals surface area contributed by atoms with E-state index < -0.39 is 0 Å². The molecule has 0 spiro atoms. The molecule has 0 bridgehead atoms. The molecule has 3 aromatic carbocycles. The Morgan fingerprint density at radius 1 is 1.07 bits per heavy atom. The minimum Gasteiger partial charge on any atom is -0.367 e. The molecule has 6 heteroatoms. The smallest absolute Gasteiger partial charge is 0.252 e. The number of para-hydroxylation sites is 1. The highest BCUT2D eigenvalue weighted by atomic mass is 79.9. The van der Waals surface area contributed by atoms with Gasteiger partial charge in [0.15, 0.2) is 0 Å². The van der Waals surface area contributed by atoms with Crippen molar-refractivity contribution in [3.63, 3.8) is 0 Å². The quantitative estimate of drug-likeness (QED) is 0.441. The van der Waals surface area contributed by atoms with Crippen molar-refractivity contribution in [1.29, 1.82) is 0 Å². The van der Waals surface area contributed by atoms with Crippen molar-refractivity contribution in [2.75, 3.05) is 18.6 Å². The van der Waals surface area contributed by atoms with Crippen LogP contribution in [-0.2, 0) is 16.1 Å². The zero-order valence-electron chi connectivity index (χ0n) is 15.9. The molecule has 1 aromatic heterocycles. The maximum absolute atomic E-state index is 12.7. The average Bonchev–Trinajstić information content (AvgIpc) is 3.17. The van der Waals surface area contributed by atoms with Crippen LogP contribution in [0.15, 0.2) is 77.3 Å². The van der Waals surface area contributed by atoms with Gasteiger partial charge in [-0.05, 0) is 35.9 Å². The zero-order chi connectivity index (χ0) is 20.2. The molecule has 1 heterocycles. The first-order valence-electron chi connectivity index (χ1n) is 9.25. The number of hydrogen-bond acceptors (Lipinski definition) is 3. The van der Waals surface area contributed by atoms with Crippen LogP contribution in [0.4, 0.5) is 5.69 Å². The normalized spacial score (nSPS) is 11.0. The van der Waals surface area contributed by atoms with Crippen LogP contribution in [0.1, 0.15) is 5.56 Å². The third-order valence-electron chi connectivity index (χ3n) is 4.68. The Balaban J connectivity index is 1.52. The molecule has 0 fully saturated rings. The summed E-state index contributed by atoms with van der Waals surface area (Å²) in [5.74, 6) is 0.603. The second-order valence-electron chi connectivity index (χ2n) is 6.70. The van der Waals surface area contributed by atoms with Crippen LogP contribution >= 0.6 is 15.9 Å². The molecule has 146 valence electrons. The number of ether oxygens (including phenoxy) is 1. The highest BCUT2D eigenvalue weighted by molar-refractivity contribution is 9.10. The Morgan fingerprint density at radius 3 is 2.66 bits per heavy atom. The number of H-pyrrole nitrogens is 1. The summed E-state index contributed by atoms with van der Waals surface area (Å²) in [5, 5.41) is 0. The Labute approximate surface area is 177 Å². The number of rotatable bonds is 6. The predicted octanol–water partition coefficient (Wildman–Crippen LogP) is 5.17. The second-order valence-corrected chi connectivity index (χ2v) is 7.61.